The van der Waals surface area contributed by atoms with Crippen LogP contribution in [0.5, 0.6) is 5.75 Å². The van der Waals surface area contributed by atoms with Crippen LogP contribution in [-0.4, -0.2) is 20.4 Å². The number of anilines is 1. The molecule has 8 heteroatoms. The van der Waals surface area contributed by atoms with E-state index in [9.17, 15) is 13.2 Å². The Bertz CT molecular complexity index is 1060. The van der Waals surface area contributed by atoms with E-state index in [1.54, 1.807) is 35.7 Å². The topological polar surface area (TPSA) is 84.5 Å². The number of carbonyl (C=O) groups excluding carboxylic acids is 1. The molecule has 0 aliphatic carbocycles. The van der Waals surface area contributed by atoms with Gasteiger partial charge in [0.15, 0.2) is 0 Å². The molecule has 0 saturated heterocycles. The molecule has 152 valence electrons. The maximum absolute atomic E-state index is 12.4. The van der Waals surface area contributed by atoms with E-state index in [0.717, 1.165) is 22.6 Å². The van der Waals surface area contributed by atoms with Gasteiger partial charge in [-0.25, -0.2) is 8.42 Å². The highest BCUT2D eigenvalue weighted by Crippen LogP contribution is 2.20. The number of thiophene rings is 1. The first-order valence-corrected chi connectivity index (χ1v) is 11.4. The summed E-state index contributed by atoms with van der Waals surface area (Å²) < 4.78 is 32.9. The van der Waals surface area contributed by atoms with E-state index in [1.807, 2.05) is 38.1 Å². The largest absolute Gasteiger partial charge is 0.491 e. The van der Waals surface area contributed by atoms with Crippen LogP contribution in [-0.2, 0) is 16.6 Å². The molecular formula is C21H22N2O4S2. The van der Waals surface area contributed by atoms with E-state index in [2.05, 4.69) is 10.0 Å². The van der Waals surface area contributed by atoms with Gasteiger partial charge < -0.3 is 10.1 Å². The molecule has 3 rings (SSSR count). The second kappa shape index (κ2) is 9.11. The molecular weight excluding hydrogens is 408 g/mol. The van der Waals surface area contributed by atoms with Gasteiger partial charge >= 0.3 is 0 Å². The molecule has 1 amide bonds. The van der Waals surface area contributed by atoms with Crippen molar-refractivity contribution in [3.63, 3.8) is 0 Å². The first kappa shape index (κ1) is 20.9. The molecule has 0 fully saturated rings. The van der Waals surface area contributed by atoms with Crippen LogP contribution in [0.4, 0.5) is 5.69 Å². The fraction of sp³-hybridized carbons (Fsp3) is 0.190. The third-order valence-corrected chi connectivity index (χ3v) is 6.66. The molecule has 0 atom stereocenters. The molecule has 1 heterocycles. The number of carbonyl (C=O) groups is 1. The van der Waals surface area contributed by atoms with Crippen LogP contribution >= 0.6 is 11.3 Å². The Morgan fingerprint density at radius 3 is 2.48 bits per heavy atom. The normalized spacial score (nSPS) is 11.3. The Kier molecular flexibility index (Phi) is 6.56. The lowest BCUT2D eigenvalue weighted by atomic mass is 10.1. The third kappa shape index (κ3) is 5.82. The van der Waals surface area contributed by atoms with E-state index in [1.165, 1.54) is 6.07 Å². The predicted molar refractivity (Wildman–Crippen MR) is 115 cm³/mol. The minimum Gasteiger partial charge on any atom is -0.491 e. The minimum atomic E-state index is -3.61. The molecule has 2 N–H and O–H groups in total. The lowest BCUT2D eigenvalue weighted by Crippen LogP contribution is -2.22. The molecule has 0 bridgehead atoms. The molecule has 2 aromatic carbocycles. The second-order valence-electron chi connectivity index (χ2n) is 6.61. The molecule has 0 saturated carbocycles. The van der Waals surface area contributed by atoms with Crippen molar-refractivity contribution >= 4 is 33.0 Å². The number of sulfonamides is 1. The minimum absolute atomic E-state index is 0.0793. The molecule has 0 radical (unpaired) electrons. The Hall–Kier alpha value is -2.84. The Morgan fingerprint density at radius 2 is 1.83 bits per heavy atom. The van der Waals surface area contributed by atoms with Gasteiger partial charge in [0.2, 0.25) is 0 Å². The van der Waals surface area contributed by atoms with Crippen molar-refractivity contribution in [2.24, 2.45) is 0 Å². The summed E-state index contributed by atoms with van der Waals surface area (Å²) in [6.07, 6.45) is 0.0793. The van der Waals surface area contributed by atoms with Crippen LogP contribution in [0.3, 0.4) is 0 Å². The SMILES string of the molecule is CC(C)Oc1cccc(CNC(=O)c2ccc(NS(=O)(=O)c3cccs3)cc2)c1. The summed E-state index contributed by atoms with van der Waals surface area (Å²) in [4.78, 5) is 12.4. The summed E-state index contributed by atoms with van der Waals surface area (Å²) in [6, 6.07) is 17.1. The summed E-state index contributed by atoms with van der Waals surface area (Å²) in [6.45, 7) is 4.28. The standard InChI is InChI=1S/C21H22N2O4S2/c1-15(2)27-19-6-3-5-16(13-19)14-22-21(24)17-8-10-18(11-9-17)23-29(25,26)20-7-4-12-28-20/h3-13,15,23H,14H2,1-2H3,(H,22,24). The van der Waals surface area contributed by atoms with Crippen LogP contribution < -0.4 is 14.8 Å². The maximum atomic E-state index is 12.4. The monoisotopic (exact) mass is 430 g/mol. The predicted octanol–water partition coefficient (Wildman–Crippen LogP) is 4.27. The van der Waals surface area contributed by atoms with Gasteiger partial charge in [-0.05, 0) is 67.3 Å². The van der Waals surface area contributed by atoms with Gasteiger partial charge in [0, 0.05) is 17.8 Å². The van der Waals surface area contributed by atoms with Crippen molar-refractivity contribution in [2.45, 2.75) is 30.7 Å². The van der Waals surface area contributed by atoms with Crippen LogP contribution in [0.2, 0.25) is 0 Å². The Morgan fingerprint density at radius 1 is 1.07 bits per heavy atom. The summed E-state index contributed by atoms with van der Waals surface area (Å²) >= 11 is 1.14. The number of hydrogen-bond donors (Lipinski definition) is 2. The highest BCUT2D eigenvalue weighted by atomic mass is 32.2. The number of rotatable bonds is 8. The fourth-order valence-corrected chi connectivity index (χ4v) is 4.65. The van der Waals surface area contributed by atoms with E-state index in [-0.39, 0.29) is 16.2 Å². The van der Waals surface area contributed by atoms with Gasteiger partial charge in [0.1, 0.15) is 9.96 Å². The van der Waals surface area contributed by atoms with E-state index < -0.39 is 10.0 Å². The molecule has 29 heavy (non-hydrogen) atoms. The van der Waals surface area contributed by atoms with Crippen LogP contribution in [0.1, 0.15) is 29.8 Å². The van der Waals surface area contributed by atoms with Gasteiger partial charge in [-0.1, -0.05) is 18.2 Å². The number of nitrogens with one attached hydrogen (secondary N) is 2. The number of hydrogen-bond acceptors (Lipinski definition) is 5. The van der Waals surface area contributed by atoms with E-state index >= 15 is 0 Å². The molecule has 0 aliphatic heterocycles. The van der Waals surface area contributed by atoms with Gasteiger partial charge in [-0.3, -0.25) is 9.52 Å². The van der Waals surface area contributed by atoms with Gasteiger partial charge in [0.25, 0.3) is 15.9 Å². The molecule has 0 spiro atoms. The number of benzene rings is 2. The Balaban J connectivity index is 1.59. The first-order chi connectivity index (χ1) is 13.8. The summed E-state index contributed by atoms with van der Waals surface area (Å²) in [7, 11) is -3.61. The highest BCUT2D eigenvalue weighted by molar-refractivity contribution is 7.94. The van der Waals surface area contributed by atoms with Crippen molar-refractivity contribution < 1.29 is 17.9 Å². The van der Waals surface area contributed by atoms with Crippen molar-refractivity contribution in [3.05, 3.63) is 77.2 Å². The molecule has 6 nitrogen and oxygen atoms in total. The first-order valence-electron chi connectivity index (χ1n) is 9.04. The van der Waals surface area contributed by atoms with Crippen molar-refractivity contribution in [1.82, 2.24) is 5.32 Å². The summed E-state index contributed by atoms with van der Waals surface area (Å²) in [5.41, 5.74) is 1.77. The average molecular weight is 431 g/mol. The third-order valence-electron chi connectivity index (χ3n) is 3.88. The lowest BCUT2D eigenvalue weighted by Gasteiger charge is -2.11. The van der Waals surface area contributed by atoms with Gasteiger partial charge in [0.05, 0.1) is 6.10 Å². The number of ether oxygens (including phenoxy) is 1. The van der Waals surface area contributed by atoms with E-state index in [4.69, 9.17) is 4.74 Å². The average Bonchev–Trinajstić information content (AvgIpc) is 3.22. The molecule has 3 aromatic rings. The van der Waals surface area contributed by atoms with Crippen molar-refractivity contribution in [3.8, 4) is 5.75 Å². The quantitative estimate of drug-likeness (QED) is 0.559. The smallest absolute Gasteiger partial charge is 0.271 e. The van der Waals surface area contributed by atoms with Crippen LogP contribution in [0, 0.1) is 0 Å². The molecule has 0 aliphatic rings. The van der Waals surface area contributed by atoms with Crippen LogP contribution in [0.15, 0.2) is 70.3 Å². The molecule has 0 unspecified atom stereocenters. The lowest BCUT2D eigenvalue weighted by molar-refractivity contribution is 0.0951. The van der Waals surface area contributed by atoms with Crippen molar-refractivity contribution in [1.29, 1.82) is 0 Å². The van der Waals surface area contributed by atoms with Crippen LogP contribution in [0.25, 0.3) is 0 Å². The fourth-order valence-electron chi connectivity index (χ4n) is 2.60. The zero-order valence-corrected chi connectivity index (χ0v) is 17.7. The second-order valence-corrected chi connectivity index (χ2v) is 9.47. The molecule has 1 aromatic heterocycles. The summed E-state index contributed by atoms with van der Waals surface area (Å²) in [5.74, 6) is 0.516. The maximum Gasteiger partial charge on any atom is 0.271 e. The zero-order chi connectivity index (χ0) is 20.9. The Labute approximate surface area is 174 Å². The van der Waals surface area contributed by atoms with E-state index in [0.29, 0.717) is 17.8 Å². The zero-order valence-electron chi connectivity index (χ0n) is 16.1. The highest BCUT2D eigenvalue weighted by Gasteiger charge is 2.15. The van der Waals surface area contributed by atoms with Gasteiger partial charge in [-0.2, -0.15) is 0 Å². The summed E-state index contributed by atoms with van der Waals surface area (Å²) in [5, 5.41) is 4.56. The number of amides is 1. The van der Waals surface area contributed by atoms with Gasteiger partial charge in [-0.15, -0.1) is 11.3 Å². The van der Waals surface area contributed by atoms with Crippen molar-refractivity contribution in [2.75, 3.05) is 4.72 Å².